The summed E-state index contributed by atoms with van der Waals surface area (Å²) >= 11 is 12.5. The highest BCUT2D eigenvalue weighted by Crippen LogP contribution is 2.41. The van der Waals surface area contributed by atoms with E-state index < -0.39 is 0 Å². The highest BCUT2D eigenvalue weighted by atomic mass is 35.5. The minimum Gasteiger partial charge on any atom is -0.480 e. The van der Waals surface area contributed by atoms with E-state index in [0.29, 0.717) is 216 Å². The number of benzene rings is 7. The van der Waals surface area contributed by atoms with Crippen molar-refractivity contribution in [1.82, 2.24) is 99.0 Å². The molecule has 0 bridgehead atoms. The van der Waals surface area contributed by atoms with E-state index in [-0.39, 0.29) is 117 Å². The van der Waals surface area contributed by atoms with Crippen LogP contribution in [0, 0.1) is 65.9 Å². The lowest BCUT2D eigenvalue weighted by molar-refractivity contribution is 0.0629. The van der Waals surface area contributed by atoms with Crippen molar-refractivity contribution in [2.24, 2.45) is 5.73 Å². The van der Waals surface area contributed by atoms with Crippen LogP contribution in [-0.4, -0.2) is 274 Å². The highest BCUT2D eigenvalue weighted by molar-refractivity contribution is 6.34. The second-order valence-electron chi connectivity index (χ2n) is 38.3. The van der Waals surface area contributed by atoms with Crippen molar-refractivity contribution in [3.8, 4) is 51.4 Å². The van der Waals surface area contributed by atoms with Crippen LogP contribution in [0.5, 0.6) is 5.88 Å². The van der Waals surface area contributed by atoms with Gasteiger partial charge in [-0.15, -0.1) is 0 Å². The van der Waals surface area contributed by atoms with Gasteiger partial charge in [-0.1, -0.05) is 48.8 Å². The van der Waals surface area contributed by atoms with Gasteiger partial charge in [-0.25, -0.2) is 38.1 Å². The molecule has 768 valence electrons. The molecule has 0 spiro atoms. The van der Waals surface area contributed by atoms with E-state index in [1.165, 1.54) is 52.3 Å². The zero-order valence-electron chi connectivity index (χ0n) is 84.6. The van der Waals surface area contributed by atoms with Crippen molar-refractivity contribution in [3.05, 3.63) is 287 Å². The van der Waals surface area contributed by atoms with Crippen LogP contribution in [0.1, 0.15) is 162 Å². The lowest BCUT2D eigenvalue weighted by Gasteiger charge is -2.18. The van der Waals surface area contributed by atoms with Gasteiger partial charge in [0.1, 0.15) is 57.4 Å². The van der Waals surface area contributed by atoms with Gasteiger partial charge >= 0.3 is 0 Å². The first kappa shape index (κ1) is 108. The van der Waals surface area contributed by atoms with Crippen LogP contribution in [-0.2, 0) is 25.8 Å². The van der Waals surface area contributed by atoms with Gasteiger partial charge in [-0.05, 0) is 291 Å². The number of nitrogens with one attached hydrogen (secondary N) is 9. The monoisotopic (exact) mass is 2040 g/mol. The predicted octanol–water partition coefficient (Wildman–Crippen LogP) is 15.6. The third-order valence-corrected chi connectivity index (χ3v) is 26.8. The Morgan fingerprint density at radius 3 is 1.09 bits per heavy atom. The fourth-order valence-corrected chi connectivity index (χ4v) is 18.9. The quantitative estimate of drug-likeness (QED) is 0.0214. The number of carbonyl (C=O) groups is 7. The average Bonchev–Trinajstić information content (AvgIpc) is 1.59. The Bertz CT molecular complexity index is 7890. The molecule has 4 aliphatic heterocycles. The number of rotatable bonds is 27. The number of imide groups is 3. The van der Waals surface area contributed by atoms with Crippen molar-refractivity contribution in [2.45, 2.75) is 121 Å². The first-order valence-corrected chi connectivity index (χ1v) is 48.3. The van der Waals surface area contributed by atoms with Gasteiger partial charge in [0.05, 0.1) is 112 Å². The number of aromatic nitrogens is 12. The lowest BCUT2D eigenvalue weighted by atomic mass is 10.0. The van der Waals surface area contributed by atoms with E-state index in [1.807, 2.05) is 131 Å². The van der Waals surface area contributed by atoms with E-state index in [9.17, 15) is 61.1 Å². The number of anilines is 2. The third-order valence-electron chi connectivity index (χ3n) is 26.1. The van der Waals surface area contributed by atoms with Crippen LogP contribution in [0.2, 0.25) is 10.0 Å². The summed E-state index contributed by atoms with van der Waals surface area (Å²) in [6.07, 6.45) is 8.03. The Kier molecular flexibility index (Phi) is 32.8. The molecule has 19 rings (SSSR count). The van der Waals surface area contributed by atoms with Crippen molar-refractivity contribution in [1.29, 1.82) is 0 Å². The molecular formula is C108H120Cl2F3N23O11. The number of nitrogens with two attached hydrogens (primary N) is 1. The maximum atomic E-state index is 13.8. The van der Waals surface area contributed by atoms with Gasteiger partial charge in [-0.2, -0.15) is 0 Å². The number of carbonyl (C=O) groups excluding carboxylic acids is 7. The molecule has 12 heterocycles. The van der Waals surface area contributed by atoms with Crippen LogP contribution in [0.3, 0.4) is 0 Å². The fourth-order valence-electron chi connectivity index (χ4n) is 18.5. The van der Waals surface area contributed by atoms with Crippen LogP contribution in [0.4, 0.5) is 24.5 Å². The number of ether oxygens (including phenoxy) is 1. The lowest BCUT2D eigenvalue weighted by Crippen LogP contribution is -2.36. The molecule has 0 aliphatic carbocycles. The standard InChI is InChI=1S/C29H31FN6O3.C29H33FN6O2.C20H20ClN5O3.C19H18ClN5O3.C10H14FN.CH4/c1-15-6-7-19(30)13-18(15)12-16(2)32-21-8-9-31-27(37)24(21)26-33-22-14-20-23(17(3)25(22)34-26)29(39)36(28(20)38)11-10-35(4)5;1-16-6-7-21(30)13-19(16)12-17(2)32-22-8-9-31-28(37)25(22)27-33-23-14-20-15-36(11-10-35(4)5)29(38)24(20)18(3)26(23)34-27;1-10-14-11(19(27)26(20(14)28)8-7-25(2)3)9-13-16(10)24-17(23-13)15-12(21)5-6-22-18(15)29-4;1-9-13-10(18(27)25(19(13)28)7-6-24(2)3)8-12-15(9)23-16(22-12)14-11(20)4-5-21-17(14)26;1-7-3-4-10(11)6-9(7)5-8(2)12;/h6-9,13-14,16H,10-12H2,1-5H3,(H,33,34)(H2,31,32,37);6-9,13-14,17H,10-12,15H2,1-5H3,(H,33,34)(H2,31,32,37);5-6,9H,7-8H2,1-4H3,(H,23,24);4-5,8H,6-7H2,1-3H3,(H,21,26)(H,22,23);3-4,6,8H,5,12H2,1-2H3;1H4. The van der Waals surface area contributed by atoms with E-state index >= 15 is 0 Å². The van der Waals surface area contributed by atoms with Gasteiger partial charge in [-0.3, -0.25) is 62.6 Å². The number of aryl methyl sites for hydroxylation is 7. The molecule has 3 unspecified atom stereocenters. The normalized spacial score (nSPS) is 13.7. The Balaban J connectivity index is 0.000000150. The molecule has 4 aliphatic rings. The molecule has 7 amide bonds. The van der Waals surface area contributed by atoms with Crippen molar-refractivity contribution in [2.75, 3.05) is 126 Å². The summed E-state index contributed by atoms with van der Waals surface area (Å²) in [6, 6.07) is 27.9. The second-order valence-corrected chi connectivity index (χ2v) is 39.1. The zero-order chi connectivity index (χ0) is 105. The average molecular weight is 2040 g/mol. The molecule has 0 saturated carbocycles. The maximum absolute atomic E-state index is 13.8. The van der Waals surface area contributed by atoms with Crippen molar-refractivity contribution >= 4 is 120 Å². The number of H-pyrrole nitrogens is 7. The van der Waals surface area contributed by atoms with E-state index in [2.05, 4.69) is 65.4 Å². The van der Waals surface area contributed by atoms with Crippen molar-refractivity contribution < 1.29 is 51.5 Å². The molecule has 3 atom stereocenters. The van der Waals surface area contributed by atoms with Gasteiger partial charge in [0.2, 0.25) is 5.88 Å². The molecule has 0 radical (unpaired) electrons. The van der Waals surface area contributed by atoms with Crippen LogP contribution >= 0.6 is 23.2 Å². The molecular weight excluding hydrogens is 1920 g/mol. The molecule has 15 aromatic rings. The number of pyridine rings is 4. The minimum atomic E-state index is -0.376. The number of fused-ring (bicyclic) bond motifs is 8. The summed E-state index contributed by atoms with van der Waals surface area (Å²) in [5.41, 5.74) is 24.6. The molecule has 34 nitrogen and oxygen atoms in total. The van der Waals surface area contributed by atoms with Gasteiger partial charge in [0, 0.05) is 107 Å². The first-order valence-electron chi connectivity index (χ1n) is 47.5. The topological polar surface area (TPSA) is 431 Å². The number of likely N-dealkylation sites (N-methyl/N-ethyl adjacent to an activating group) is 4. The minimum absolute atomic E-state index is 0. The third kappa shape index (κ3) is 22.6. The smallest absolute Gasteiger partial charge is 0.261 e. The number of methoxy groups -OCH3 is 1. The molecule has 0 fully saturated rings. The van der Waals surface area contributed by atoms with Gasteiger partial charge in [0.15, 0.2) is 0 Å². The maximum Gasteiger partial charge on any atom is 0.261 e. The number of aromatic amines is 7. The summed E-state index contributed by atoms with van der Waals surface area (Å²) in [5, 5.41) is 7.48. The Morgan fingerprint density at radius 1 is 0.401 bits per heavy atom. The molecule has 39 heteroatoms. The number of nitrogens with zero attached hydrogens (tertiary/aromatic N) is 13. The summed E-state index contributed by atoms with van der Waals surface area (Å²) in [5.74, 6) is -0.752. The number of hydrogen-bond acceptors (Lipinski definition) is 23. The van der Waals surface area contributed by atoms with Crippen LogP contribution in [0.15, 0.2) is 142 Å². The predicted molar refractivity (Wildman–Crippen MR) is 567 cm³/mol. The molecule has 0 saturated heterocycles. The number of hydrogen-bond donors (Lipinski definition) is 10. The van der Waals surface area contributed by atoms with Crippen molar-refractivity contribution in [3.63, 3.8) is 0 Å². The van der Waals surface area contributed by atoms with E-state index in [4.69, 9.17) is 43.6 Å². The molecule has 7 aromatic carbocycles. The second kappa shape index (κ2) is 44.8. The highest BCUT2D eigenvalue weighted by Gasteiger charge is 2.42. The summed E-state index contributed by atoms with van der Waals surface area (Å²) in [7, 11) is 16.8. The SMILES string of the molecule is C.COc1nccc(Cl)c1-c1nc2c(C)c3c(cc2[nH]1)C(=O)N(CCN(C)C)C3=O.Cc1c2c(cc3[nH]c(-c4c(Cl)cc[nH]c4=O)nc13)C(=O)N(CCN(C)C)C2=O.Cc1ccc(F)cc1CC(C)N.Cc1ccc(F)cc1CC(C)Nc1cc[nH]c(=O)c1-c1nc2c(C)c3c(cc2[nH]1)C(=O)N(CCN(C)C)C3=O.Cc1ccc(F)cc1CC(C)Nc1cc[nH]c(=O)c1-c1nc2c(C)c3c(cc2[nH]1)CN(CCN(C)C)C3=O. The Morgan fingerprint density at radius 2 is 0.728 bits per heavy atom. The van der Waals surface area contributed by atoms with Gasteiger partial charge in [0.25, 0.3) is 58.0 Å². The Hall–Kier alpha value is -15.1. The molecule has 147 heavy (non-hydrogen) atoms. The van der Waals surface area contributed by atoms with E-state index in [1.54, 1.807) is 112 Å². The largest absolute Gasteiger partial charge is 0.480 e. The first-order chi connectivity index (χ1) is 69.4. The summed E-state index contributed by atoms with van der Waals surface area (Å²) in [4.78, 5) is 186. The number of imidazole rings is 4. The summed E-state index contributed by atoms with van der Waals surface area (Å²) in [6.45, 7) is 23.7. The van der Waals surface area contributed by atoms with Gasteiger partial charge < -0.3 is 80.5 Å². The summed E-state index contributed by atoms with van der Waals surface area (Å²) < 4.78 is 45.7. The fraction of sp³-hybridized carbons (Fsp3) is 0.324. The van der Waals surface area contributed by atoms with Crippen LogP contribution < -0.4 is 37.8 Å². The zero-order valence-corrected chi connectivity index (χ0v) is 86.1. The molecule has 8 aromatic heterocycles. The number of halogens is 5. The Labute approximate surface area is 856 Å². The van der Waals surface area contributed by atoms with Crippen LogP contribution in [0.25, 0.3) is 89.7 Å². The molecule has 11 N–H and O–H groups in total. The van der Waals surface area contributed by atoms with E-state index in [0.717, 1.165) is 63.0 Å². The number of amides is 7.